The lowest BCUT2D eigenvalue weighted by molar-refractivity contribution is 0.509. The van der Waals surface area contributed by atoms with Crippen molar-refractivity contribution in [3.8, 4) is 0 Å². The maximum atomic E-state index is 3.80. The summed E-state index contributed by atoms with van der Waals surface area (Å²) in [6, 6.07) is 10.6. The van der Waals surface area contributed by atoms with E-state index >= 15 is 0 Å². The van der Waals surface area contributed by atoms with Crippen LogP contribution in [0.15, 0.2) is 24.3 Å². The Morgan fingerprint density at radius 3 is 2.82 bits per heavy atom. The molecule has 2 fully saturated rings. The largest absolute Gasteiger partial charge is 0.311 e. The second-order valence-corrected chi connectivity index (χ2v) is 5.84. The number of nitrogens with one attached hydrogen (secondary N) is 1. The van der Waals surface area contributed by atoms with Crippen LogP contribution in [0.25, 0.3) is 0 Å². The van der Waals surface area contributed by atoms with E-state index in [0.717, 1.165) is 24.3 Å². The molecule has 1 saturated carbocycles. The fourth-order valence-electron chi connectivity index (χ4n) is 3.30. The zero-order valence-electron chi connectivity index (χ0n) is 10.9. The number of rotatable bonds is 3. The second-order valence-electron chi connectivity index (χ2n) is 5.84. The van der Waals surface area contributed by atoms with Crippen molar-refractivity contribution < 1.29 is 0 Å². The molecule has 0 bridgehead atoms. The van der Waals surface area contributed by atoms with Crippen LogP contribution in [0.4, 0.5) is 0 Å². The second kappa shape index (κ2) is 4.45. The summed E-state index contributed by atoms with van der Waals surface area (Å²) >= 11 is 0. The maximum Gasteiger partial charge on any atom is 0.0111 e. The molecule has 1 N–H and O–H groups in total. The molecule has 1 heteroatoms. The Balaban J connectivity index is 1.78. The molecule has 3 atom stereocenters. The Labute approximate surface area is 105 Å². The van der Waals surface area contributed by atoms with E-state index in [0.29, 0.717) is 6.04 Å². The average molecular weight is 229 g/mol. The van der Waals surface area contributed by atoms with E-state index in [1.54, 1.807) is 5.56 Å². The average Bonchev–Trinajstić information content (AvgIpc) is 3.13. The molecule has 0 aromatic heterocycles. The first-order chi connectivity index (χ1) is 8.28. The highest BCUT2D eigenvalue weighted by Crippen LogP contribution is 2.42. The minimum atomic E-state index is 0.646. The van der Waals surface area contributed by atoms with Crippen LogP contribution in [-0.4, -0.2) is 12.1 Å². The number of hydrogen-bond acceptors (Lipinski definition) is 1. The van der Waals surface area contributed by atoms with Crippen LogP contribution < -0.4 is 5.32 Å². The van der Waals surface area contributed by atoms with Crippen molar-refractivity contribution >= 4 is 0 Å². The van der Waals surface area contributed by atoms with Gasteiger partial charge in [0.1, 0.15) is 0 Å². The van der Waals surface area contributed by atoms with E-state index in [1.165, 1.54) is 24.8 Å². The Bertz CT molecular complexity index is 394. The smallest absolute Gasteiger partial charge is 0.0111 e. The summed E-state index contributed by atoms with van der Waals surface area (Å²) < 4.78 is 0. The van der Waals surface area contributed by atoms with Crippen molar-refractivity contribution in [2.45, 2.75) is 57.5 Å². The lowest BCUT2D eigenvalue weighted by Gasteiger charge is -2.16. The molecule has 1 aromatic rings. The predicted molar refractivity (Wildman–Crippen MR) is 72.3 cm³/mol. The molecule has 1 aliphatic carbocycles. The molecule has 3 rings (SSSR count). The molecule has 0 amide bonds. The summed E-state index contributed by atoms with van der Waals surface area (Å²) in [5, 5.41) is 3.80. The van der Waals surface area contributed by atoms with E-state index in [-0.39, 0.29) is 0 Å². The first-order valence-corrected chi connectivity index (χ1v) is 7.13. The first-order valence-electron chi connectivity index (χ1n) is 7.13. The lowest BCUT2D eigenvalue weighted by Crippen LogP contribution is -2.29. The van der Waals surface area contributed by atoms with Crippen molar-refractivity contribution in [1.82, 2.24) is 5.32 Å². The number of aryl methyl sites for hydroxylation is 1. The summed E-state index contributed by atoms with van der Waals surface area (Å²) in [6.07, 6.45) is 5.39. The molecule has 1 nitrogen and oxygen atoms in total. The standard InChI is InChI=1S/C16H23N/c1-3-12-5-4-6-14(9-12)15-10-16(13-7-8-13)17-11(15)2/h4-6,9,11,13,15-17H,3,7-8,10H2,1-2H3. The molecule has 17 heavy (non-hydrogen) atoms. The molecule has 92 valence electrons. The molecule has 1 aromatic carbocycles. The highest BCUT2D eigenvalue weighted by atomic mass is 15.0. The van der Waals surface area contributed by atoms with E-state index in [9.17, 15) is 0 Å². The third-order valence-corrected chi connectivity index (χ3v) is 4.57. The minimum absolute atomic E-state index is 0.646. The van der Waals surface area contributed by atoms with Gasteiger partial charge in [-0.3, -0.25) is 0 Å². The van der Waals surface area contributed by atoms with Crippen LogP contribution >= 0.6 is 0 Å². The summed E-state index contributed by atoms with van der Waals surface area (Å²) in [4.78, 5) is 0. The van der Waals surface area contributed by atoms with Crippen molar-refractivity contribution in [3.05, 3.63) is 35.4 Å². The van der Waals surface area contributed by atoms with Gasteiger partial charge in [-0.05, 0) is 49.7 Å². The molecule has 1 aliphatic heterocycles. The Morgan fingerprint density at radius 2 is 2.12 bits per heavy atom. The number of benzene rings is 1. The highest BCUT2D eigenvalue weighted by molar-refractivity contribution is 5.29. The van der Waals surface area contributed by atoms with Gasteiger partial charge in [-0.25, -0.2) is 0 Å². The van der Waals surface area contributed by atoms with Crippen molar-refractivity contribution in [2.75, 3.05) is 0 Å². The topological polar surface area (TPSA) is 12.0 Å². The Hall–Kier alpha value is -0.820. The molecule has 1 heterocycles. The highest BCUT2D eigenvalue weighted by Gasteiger charge is 2.40. The fourth-order valence-corrected chi connectivity index (χ4v) is 3.30. The summed E-state index contributed by atoms with van der Waals surface area (Å²) in [5.41, 5.74) is 3.03. The molecular weight excluding hydrogens is 206 g/mol. The van der Waals surface area contributed by atoms with Gasteiger partial charge in [-0.1, -0.05) is 31.2 Å². The summed E-state index contributed by atoms with van der Waals surface area (Å²) in [7, 11) is 0. The quantitative estimate of drug-likeness (QED) is 0.836. The molecule has 0 spiro atoms. The molecule has 1 saturated heterocycles. The van der Waals surface area contributed by atoms with E-state index in [2.05, 4.69) is 43.4 Å². The van der Waals surface area contributed by atoms with Gasteiger partial charge in [0, 0.05) is 18.0 Å². The van der Waals surface area contributed by atoms with Gasteiger partial charge in [0.15, 0.2) is 0 Å². The zero-order valence-corrected chi connectivity index (χ0v) is 10.9. The van der Waals surface area contributed by atoms with Crippen LogP contribution in [0.1, 0.15) is 50.2 Å². The van der Waals surface area contributed by atoms with Gasteiger partial charge in [-0.15, -0.1) is 0 Å². The van der Waals surface area contributed by atoms with E-state index < -0.39 is 0 Å². The Morgan fingerprint density at radius 1 is 1.29 bits per heavy atom. The van der Waals surface area contributed by atoms with Crippen molar-refractivity contribution in [2.24, 2.45) is 5.92 Å². The third-order valence-electron chi connectivity index (χ3n) is 4.57. The summed E-state index contributed by atoms with van der Waals surface area (Å²) in [5.74, 6) is 1.71. The molecule has 0 radical (unpaired) electrons. The SMILES string of the molecule is CCc1cccc(C2CC(C3CC3)NC2C)c1. The van der Waals surface area contributed by atoms with Gasteiger partial charge >= 0.3 is 0 Å². The van der Waals surface area contributed by atoms with Crippen molar-refractivity contribution in [1.29, 1.82) is 0 Å². The van der Waals surface area contributed by atoms with E-state index in [4.69, 9.17) is 0 Å². The van der Waals surface area contributed by atoms with Crippen LogP contribution in [0.5, 0.6) is 0 Å². The van der Waals surface area contributed by atoms with Crippen LogP contribution in [0.3, 0.4) is 0 Å². The molecule has 3 unspecified atom stereocenters. The zero-order chi connectivity index (χ0) is 11.8. The first kappa shape index (κ1) is 11.3. The lowest BCUT2D eigenvalue weighted by atomic mass is 9.89. The predicted octanol–water partition coefficient (Wildman–Crippen LogP) is 3.49. The van der Waals surface area contributed by atoms with Crippen molar-refractivity contribution in [3.63, 3.8) is 0 Å². The Kier molecular flexibility index (Phi) is 2.96. The summed E-state index contributed by atoms with van der Waals surface area (Å²) in [6.45, 7) is 4.59. The minimum Gasteiger partial charge on any atom is -0.311 e. The van der Waals surface area contributed by atoms with Crippen LogP contribution in [0, 0.1) is 5.92 Å². The monoisotopic (exact) mass is 229 g/mol. The van der Waals surface area contributed by atoms with E-state index in [1.807, 2.05) is 0 Å². The van der Waals surface area contributed by atoms with Gasteiger partial charge in [-0.2, -0.15) is 0 Å². The van der Waals surface area contributed by atoms with Crippen LogP contribution in [0.2, 0.25) is 0 Å². The third kappa shape index (κ3) is 2.26. The van der Waals surface area contributed by atoms with Gasteiger partial charge in [0.2, 0.25) is 0 Å². The maximum absolute atomic E-state index is 3.80. The molecule has 2 aliphatic rings. The van der Waals surface area contributed by atoms with Crippen LogP contribution in [-0.2, 0) is 6.42 Å². The molecular formula is C16H23N. The fraction of sp³-hybridized carbons (Fsp3) is 0.625. The van der Waals surface area contributed by atoms with Gasteiger partial charge in [0.25, 0.3) is 0 Å². The van der Waals surface area contributed by atoms with Gasteiger partial charge in [0.05, 0.1) is 0 Å². The number of hydrogen-bond donors (Lipinski definition) is 1. The van der Waals surface area contributed by atoms with Gasteiger partial charge < -0.3 is 5.32 Å². The normalized spacial score (nSPS) is 32.9.